The third-order valence-electron chi connectivity index (χ3n) is 3.41. The summed E-state index contributed by atoms with van der Waals surface area (Å²) in [6.45, 7) is 0.629. The number of hydrogen-bond donors (Lipinski definition) is 0. The van der Waals surface area contributed by atoms with Gasteiger partial charge in [0.15, 0.2) is 12.6 Å². The van der Waals surface area contributed by atoms with Gasteiger partial charge in [-0.3, -0.25) is 14.3 Å². The van der Waals surface area contributed by atoms with Gasteiger partial charge in [0.25, 0.3) is 0 Å². The molecule has 0 N–H and O–H groups in total. The van der Waals surface area contributed by atoms with Crippen LogP contribution in [0, 0.1) is 0 Å². The number of hydrogen-bond acceptors (Lipinski definition) is 3. The van der Waals surface area contributed by atoms with E-state index in [1.165, 1.54) is 0 Å². The Hall–Kier alpha value is -2.69. The number of rotatable bonds is 4. The molecule has 20 heavy (non-hydrogen) atoms. The molecular weight excluding hydrogens is 254 g/mol. The second-order valence-corrected chi connectivity index (χ2v) is 4.64. The Morgan fingerprint density at radius 1 is 1.15 bits per heavy atom. The Morgan fingerprint density at radius 2 is 1.90 bits per heavy atom. The van der Waals surface area contributed by atoms with Gasteiger partial charge in [0.05, 0.1) is 23.3 Å². The zero-order valence-electron chi connectivity index (χ0n) is 11.0. The molecule has 2 aromatic heterocycles. The summed E-state index contributed by atoms with van der Waals surface area (Å²) in [5, 5.41) is 4.41. The van der Waals surface area contributed by atoms with Crippen molar-refractivity contribution in [2.45, 2.75) is 6.54 Å². The van der Waals surface area contributed by atoms with Crippen molar-refractivity contribution in [2.75, 3.05) is 0 Å². The quantitative estimate of drug-likeness (QED) is 0.680. The van der Waals surface area contributed by atoms with Crippen LogP contribution in [0.15, 0.2) is 36.5 Å². The highest BCUT2D eigenvalue weighted by molar-refractivity contribution is 6.03. The number of fused-ring (bicyclic) bond motifs is 1. The van der Waals surface area contributed by atoms with Crippen LogP contribution in [0.1, 0.15) is 26.4 Å². The monoisotopic (exact) mass is 267 g/mol. The smallest absolute Gasteiger partial charge is 0.167 e. The van der Waals surface area contributed by atoms with Crippen LogP contribution in [0.4, 0.5) is 0 Å². The van der Waals surface area contributed by atoms with E-state index in [1.54, 1.807) is 16.3 Å². The topological polar surface area (TPSA) is 56.9 Å². The highest BCUT2D eigenvalue weighted by Crippen LogP contribution is 2.22. The number of benzene rings is 1. The van der Waals surface area contributed by atoms with E-state index in [0.29, 0.717) is 35.9 Å². The van der Waals surface area contributed by atoms with Gasteiger partial charge in [-0.2, -0.15) is 5.10 Å². The van der Waals surface area contributed by atoms with Gasteiger partial charge in [-0.1, -0.05) is 30.3 Å². The van der Waals surface area contributed by atoms with Gasteiger partial charge in [-0.15, -0.1) is 0 Å². The molecule has 0 aliphatic heterocycles. The number of aldehydes is 2. The van der Waals surface area contributed by atoms with Crippen LogP contribution in [-0.2, 0) is 13.6 Å². The molecule has 0 radical (unpaired) electrons. The Balaban J connectivity index is 2.08. The average Bonchev–Trinajstić information content (AvgIpc) is 2.97. The highest BCUT2D eigenvalue weighted by atomic mass is 16.1. The standard InChI is InChI=1S/C15H13N3O2/c1-17-13-8-18(7-11-5-3-2-4-6-11)16-15(13)12(9-19)14(17)10-20/h2-6,8-10H,7H2,1H3. The molecule has 0 aliphatic carbocycles. The van der Waals surface area contributed by atoms with Gasteiger partial charge in [0, 0.05) is 13.2 Å². The number of aromatic nitrogens is 3. The summed E-state index contributed by atoms with van der Waals surface area (Å²) in [5.41, 5.74) is 3.20. The van der Waals surface area contributed by atoms with Crippen LogP contribution < -0.4 is 0 Å². The summed E-state index contributed by atoms with van der Waals surface area (Å²) in [5.74, 6) is 0. The van der Waals surface area contributed by atoms with Crippen LogP contribution in [0.2, 0.25) is 0 Å². The fourth-order valence-corrected chi connectivity index (χ4v) is 2.39. The molecule has 5 heteroatoms. The Labute approximate surface area is 115 Å². The summed E-state index contributed by atoms with van der Waals surface area (Å²) >= 11 is 0. The molecule has 0 unspecified atom stereocenters. The van der Waals surface area contributed by atoms with E-state index in [1.807, 2.05) is 36.5 Å². The van der Waals surface area contributed by atoms with E-state index in [0.717, 1.165) is 11.1 Å². The third-order valence-corrected chi connectivity index (χ3v) is 3.41. The van der Waals surface area contributed by atoms with Gasteiger partial charge in [-0.05, 0) is 5.56 Å². The van der Waals surface area contributed by atoms with Crippen LogP contribution >= 0.6 is 0 Å². The van der Waals surface area contributed by atoms with E-state index in [-0.39, 0.29) is 0 Å². The second-order valence-electron chi connectivity index (χ2n) is 4.64. The maximum atomic E-state index is 11.2. The fraction of sp³-hybridized carbons (Fsp3) is 0.133. The SMILES string of the molecule is Cn1c(C=O)c(C=O)c2nn(Cc3ccccc3)cc21. The van der Waals surface area contributed by atoms with Crippen LogP contribution in [0.5, 0.6) is 0 Å². The lowest BCUT2D eigenvalue weighted by molar-refractivity contribution is 0.109. The van der Waals surface area contributed by atoms with Crippen molar-refractivity contribution in [3.8, 4) is 0 Å². The minimum atomic E-state index is 0.351. The Kier molecular flexibility index (Phi) is 2.95. The summed E-state index contributed by atoms with van der Waals surface area (Å²) < 4.78 is 3.47. The van der Waals surface area contributed by atoms with Crippen molar-refractivity contribution < 1.29 is 9.59 Å². The van der Waals surface area contributed by atoms with Gasteiger partial charge < -0.3 is 4.57 Å². The van der Waals surface area contributed by atoms with Gasteiger partial charge in [0.2, 0.25) is 0 Å². The maximum absolute atomic E-state index is 11.2. The minimum absolute atomic E-state index is 0.351. The number of carbonyl (C=O) groups is 2. The molecule has 0 spiro atoms. The molecule has 1 aromatic carbocycles. The Bertz CT molecular complexity index is 784. The van der Waals surface area contributed by atoms with Crippen molar-refractivity contribution in [3.63, 3.8) is 0 Å². The summed E-state index contributed by atoms with van der Waals surface area (Å²) in [4.78, 5) is 22.2. The van der Waals surface area contributed by atoms with Crippen molar-refractivity contribution in [1.82, 2.24) is 14.3 Å². The second kappa shape index (κ2) is 4.77. The van der Waals surface area contributed by atoms with Crippen molar-refractivity contribution in [1.29, 1.82) is 0 Å². The van der Waals surface area contributed by atoms with Crippen molar-refractivity contribution in [2.24, 2.45) is 7.05 Å². The molecule has 3 rings (SSSR count). The lowest BCUT2D eigenvalue weighted by atomic mass is 10.2. The zero-order valence-corrected chi connectivity index (χ0v) is 11.0. The first kappa shape index (κ1) is 12.3. The van der Waals surface area contributed by atoms with E-state index >= 15 is 0 Å². The minimum Gasteiger partial charge on any atom is -0.338 e. The number of nitrogens with zero attached hydrogens (tertiary/aromatic N) is 3. The molecule has 0 fully saturated rings. The number of carbonyl (C=O) groups excluding carboxylic acids is 2. The fourth-order valence-electron chi connectivity index (χ4n) is 2.39. The molecule has 100 valence electrons. The molecule has 0 saturated heterocycles. The van der Waals surface area contributed by atoms with Crippen LogP contribution in [-0.4, -0.2) is 26.9 Å². The average molecular weight is 267 g/mol. The molecule has 0 aliphatic rings. The van der Waals surface area contributed by atoms with E-state index < -0.39 is 0 Å². The van der Waals surface area contributed by atoms with Gasteiger partial charge in [-0.25, -0.2) is 0 Å². The molecule has 5 nitrogen and oxygen atoms in total. The van der Waals surface area contributed by atoms with Gasteiger partial charge in [0.1, 0.15) is 5.52 Å². The summed E-state index contributed by atoms with van der Waals surface area (Å²) in [6.07, 6.45) is 3.22. The summed E-state index contributed by atoms with van der Waals surface area (Å²) in [6, 6.07) is 9.94. The highest BCUT2D eigenvalue weighted by Gasteiger charge is 2.17. The lowest BCUT2D eigenvalue weighted by Crippen LogP contribution is -2.02. The first-order valence-electron chi connectivity index (χ1n) is 6.24. The van der Waals surface area contributed by atoms with Crippen molar-refractivity contribution >= 4 is 23.6 Å². The predicted molar refractivity (Wildman–Crippen MR) is 75.0 cm³/mol. The first-order valence-corrected chi connectivity index (χ1v) is 6.24. The third kappa shape index (κ3) is 1.84. The Morgan fingerprint density at radius 3 is 2.55 bits per heavy atom. The van der Waals surface area contributed by atoms with Crippen molar-refractivity contribution in [3.05, 3.63) is 53.3 Å². The van der Waals surface area contributed by atoms with E-state index in [9.17, 15) is 9.59 Å². The van der Waals surface area contributed by atoms with E-state index in [2.05, 4.69) is 5.10 Å². The molecule has 2 heterocycles. The molecule has 0 bridgehead atoms. The van der Waals surface area contributed by atoms with E-state index in [4.69, 9.17) is 0 Å². The molecule has 0 amide bonds. The zero-order chi connectivity index (χ0) is 14.1. The maximum Gasteiger partial charge on any atom is 0.167 e. The number of aryl methyl sites for hydroxylation is 1. The normalized spacial score (nSPS) is 10.8. The van der Waals surface area contributed by atoms with Crippen LogP contribution in [0.3, 0.4) is 0 Å². The van der Waals surface area contributed by atoms with Crippen LogP contribution in [0.25, 0.3) is 11.0 Å². The first-order chi connectivity index (χ1) is 9.74. The lowest BCUT2D eigenvalue weighted by Gasteiger charge is -2.01. The van der Waals surface area contributed by atoms with Gasteiger partial charge >= 0.3 is 0 Å². The molecule has 0 saturated carbocycles. The summed E-state index contributed by atoms with van der Waals surface area (Å²) in [7, 11) is 1.76. The predicted octanol–water partition coefficient (Wildman–Crippen LogP) is 2.05. The molecular formula is C15H13N3O2. The largest absolute Gasteiger partial charge is 0.338 e. The molecule has 3 aromatic rings. The molecule has 0 atom stereocenters.